The number of carboxylic acid groups (broad SMARTS) is 1. The van der Waals surface area contributed by atoms with Gasteiger partial charge in [-0.1, -0.05) is 36.0 Å². The summed E-state index contributed by atoms with van der Waals surface area (Å²) in [5, 5.41) is 9.87. The number of thioether (sulfide) groups is 1. The van der Waals surface area contributed by atoms with Gasteiger partial charge in [0.15, 0.2) is 17.1 Å². The molecule has 0 aliphatic rings. The van der Waals surface area contributed by atoms with E-state index >= 15 is 0 Å². The van der Waals surface area contributed by atoms with Crippen LogP contribution in [0.4, 0.5) is 0 Å². The third-order valence-electron chi connectivity index (χ3n) is 5.60. The van der Waals surface area contributed by atoms with Gasteiger partial charge in [-0.05, 0) is 29.8 Å². The molecule has 0 saturated carbocycles. The van der Waals surface area contributed by atoms with Crippen molar-refractivity contribution in [2.75, 3.05) is 14.2 Å². The standard InChI is InChI=1S/C26H22N4O5S/c1-33-19-8-7-17(10-21(19)34-2)20-11-18(12-36-26-23-25(28-13-27-23)29-14-30-26)24(35-20)16-5-3-15(4-6-16)9-22(31)32/h3-8,10-11,13-14H,9,12H2,1-2H3,(H,31,32)(H,27,28,29,30). The maximum Gasteiger partial charge on any atom is 0.307 e. The number of aromatic nitrogens is 4. The van der Waals surface area contributed by atoms with Gasteiger partial charge in [0.25, 0.3) is 0 Å². The van der Waals surface area contributed by atoms with Crippen molar-refractivity contribution in [1.29, 1.82) is 0 Å². The lowest BCUT2D eigenvalue weighted by molar-refractivity contribution is -0.136. The summed E-state index contributed by atoms with van der Waals surface area (Å²) >= 11 is 1.55. The average Bonchev–Trinajstić information content (AvgIpc) is 3.55. The third kappa shape index (κ3) is 4.76. The Morgan fingerprint density at radius 2 is 1.78 bits per heavy atom. The van der Waals surface area contributed by atoms with E-state index in [1.54, 1.807) is 44.4 Å². The first-order valence-corrected chi connectivity index (χ1v) is 12.0. The van der Waals surface area contributed by atoms with Gasteiger partial charge in [0, 0.05) is 22.4 Å². The number of fused-ring (bicyclic) bond motifs is 1. The molecule has 0 aliphatic carbocycles. The van der Waals surface area contributed by atoms with E-state index in [0.29, 0.717) is 34.4 Å². The average molecular weight is 503 g/mol. The molecule has 36 heavy (non-hydrogen) atoms. The summed E-state index contributed by atoms with van der Waals surface area (Å²) in [7, 11) is 3.18. The number of hydrogen-bond acceptors (Lipinski definition) is 8. The van der Waals surface area contributed by atoms with Crippen molar-refractivity contribution in [2.24, 2.45) is 0 Å². The van der Waals surface area contributed by atoms with Crippen LogP contribution in [0.5, 0.6) is 11.5 Å². The highest BCUT2D eigenvalue weighted by molar-refractivity contribution is 7.98. The Hall–Kier alpha value is -4.31. The van der Waals surface area contributed by atoms with Crippen LogP contribution in [0.3, 0.4) is 0 Å². The predicted octanol–water partition coefficient (Wildman–Crippen LogP) is 5.22. The first kappa shape index (κ1) is 23.4. The normalized spacial score (nSPS) is 11.1. The Labute approximate surface area is 210 Å². The third-order valence-corrected chi connectivity index (χ3v) is 6.64. The quantitative estimate of drug-likeness (QED) is 0.206. The molecule has 5 aromatic rings. The molecule has 3 heterocycles. The van der Waals surface area contributed by atoms with E-state index in [0.717, 1.165) is 32.8 Å². The maximum atomic E-state index is 11.1. The van der Waals surface area contributed by atoms with E-state index in [2.05, 4.69) is 19.9 Å². The zero-order chi connectivity index (χ0) is 25.1. The molecule has 2 aromatic carbocycles. The molecule has 0 amide bonds. The lowest BCUT2D eigenvalue weighted by atomic mass is 10.1. The van der Waals surface area contributed by atoms with Crippen LogP contribution in [0.1, 0.15) is 11.1 Å². The van der Waals surface area contributed by atoms with Crippen LogP contribution in [0.2, 0.25) is 0 Å². The molecule has 3 aromatic heterocycles. The van der Waals surface area contributed by atoms with Crippen molar-refractivity contribution < 1.29 is 23.8 Å². The number of rotatable bonds is 9. The lowest BCUT2D eigenvalue weighted by Crippen LogP contribution is -1.99. The number of methoxy groups -OCH3 is 2. The summed E-state index contributed by atoms with van der Waals surface area (Å²) in [5.74, 6) is 2.31. The van der Waals surface area contributed by atoms with E-state index in [1.807, 2.05) is 36.4 Å². The largest absolute Gasteiger partial charge is 0.493 e. The monoisotopic (exact) mass is 502 g/mol. The number of hydrogen-bond donors (Lipinski definition) is 2. The Bertz CT molecular complexity index is 1530. The molecule has 10 heteroatoms. The van der Waals surface area contributed by atoms with Crippen molar-refractivity contribution in [1.82, 2.24) is 19.9 Å². The van der Waals surface area contributed by atoms with Crippen molar-refractivity contribution >= 4 is 28.9 Å². The van der Waals surface area contributed by atoms with Gasteiger partial charge in [-0.15, -0.1) is 0 Å². The Balaban J connectivity index is 1.52. The van der Waals surface area contributed by atoms with E-state index in [4.69, 9.17) is 19.0 Å². The second-order valence-corrected chi connectivity index (χ2v) is 8.83. The first-order valence-electron chi connectivity index (χ1n) is 11.0. The number of imidazole rings is 1. The molecule has 0 aliphatic heterocycles. The Kier molecular flexibility index (Phi) is 6.59. The number of nitrogens with one attached hydrogen (secondary N) is 1. The van der Waals surface area contributed by atoms with Crippen molar-refractivity contribution in [2.45, 2.75) is 17.2 Å². The maximum absolute atomic E-state index is 11.1. The number of aromatic amines is 1. The highest BCUT2D eigenvalue weighted by Gasteiger charge is 2.18. The first-order chi connectivity index (χ1) is 17.6. The van der Waals surface area contributed by atoms with Crippen LogP contribution >= 0.6 is 11.8 Å². The molecule has 0 saturated heterocycles. The van der Waals surface area contributed by atoms with Gasteiger partial charge in [0.1, 0.15) is 28.4 Å². The molecule has 0 spiro atoms. The molecule has 9 nitrogen and oxygen atoms in total. The van der Waals surface area contributed by atoms with Gasteiger partial charge >= 0.3 is 5.97 Å². The minimum absolute atomic E-state index is 0.0358. The molecule has 0 atom stereocenters. The topological polar surface area (TPSA) is 123 Å². The van der Waals surface area contributed by atoms with E-state index in [-0.39, 0.29) is 6.42 Å². The van der Waals surface area contributed by atoms with Gasteiger partial charge in [-0.25, -0.2) is 15.0 Å². The second kappa shape index (κ2) is 10.1. The fourth-order valence-electron chi connectivity index (χ4n) is 3.86. The molecule has 0 bridgehead atoms. The van der Waals surface area contributed by atoms with Crippen LogP contribution in [0.15, 0.2) is 70.6 Å². The van der Waals surface area contributed by atoms with Crippen LogP contribution in [0.25, 0.3) is 33.8 Å². The molecule has 182 valence electrons. The summed E-state index contributed by atoms with van der Waals surface area (Å²) in [6.07, 6.45) is 3.06. The number of aliphatic carboxylic acids is 1. The number of H-pyrrole nitrogens is 1. The number of ether oxygens (including phenoxy) is 2. The molecule has 0 unspecified atom stereocenters. The Morgan fingerprint density at radius 3 is 2.53 bits per heavy atom. The van der Waals surface area contributed by atoms with E-state index < -0.39 is 5.97 Å². The lowest BCUT2D eigenvalue weighted by Gasteiger charge is -2.08. The van der Waals surface area contributed by atoms with Crippen molar-refractivity contribution in [3.05, 3.63) is 72.3 Å². The zero-order valence-corrected chi connectivity index (χ0v) is 20.3. The van der Waals surface area contributed by atoms with Crippen LogP contribution in [-0.4, -0.2) is 45.2 Å². The number of carbonyl (C=O) groups is 1. The Morgan fingerprint density at radius 1 is 1.00 bits per heavy atom. The van der Waals surface area contributed by atoms with Gasteiger partial charge in [0.2, 0.25) is 0 Å². The molecule has 0 radical (unpaired) electrons. The van der Waals surface area contributed by atoms with E-state index in [1.165, 1.54) is 6.33 Å². The summed E-state index contributed by atoms with van der Waals surface area (Å²) in [5.41, 5.74) is 4.76. The number of furan rings is 1. The zero-order valence-electron chi connectivity index (χ0n) is 19.5. The summed E-state index contributed by atoms with van der Waals surface area (Å²) in [6.45, 7) is 0. The molecular weight excluding hydrogens is 480 g/mol. The smallest absolute Gasteiger partial charge is 0.307 e. The number of carboxylic acids is 1. The fraction of sp³-hybridized carbons (Fsp3) is 0.154. The minimum Gasteiger partial charge on any atom is -0.493 e. The summed E-state index contributed by atoms with van der Waals surface area (Å²) in [4.78, 5) is 26.9. The van der Waals surface area contributed by atoms with E-state index in [9.17, 15) is 4.79 Å². The summed E-state index contributed by atoms with van der Waals surface area (Å²) in [6, 6.07) is 15.0. The van der Waals surface area contributed by atoms with Gasteiger partial charge in [-0.3, -0.25) is 4.79 Å². The molecule has 5 rings (SSSR count). The molecule has 0 fully saturated rings. The molecular formula is C26H22N4O5S. The highest BCUT2D eigenvalue weighted by Crippen LogP contribution is 2.39. The van der Waals surface area contributed by atoms with Gasteiger partial charge in [0.05, 0.1) is 27.0 Å². The van der Waals surface area contributed by atoms with Gasteiger partial charge in [-0.2, -0.15) is 0 Å². The van der Waals surface area contributed by atoms with Gasteiger partial charge < -0.3 is 24.0 Å². The number of nitrogens with zero attached hydrogens (tertiary/aromatic N) is 3. The summed E-state index contributed by atoms with van der Waals surface area (Å²) < 4.78 is 17.2. The van der Waals surface area contributed by atoms with Crippen molar-refractivity contribution in [3.8, 4) is 34.1 Å². The fourth-order valence-corrected chi connectivity index (χ4v) is 4.78. The predicted molar refractivity (Wildman–Crippen MR) is 135 cm³/mol. The van der Waals surface area contributed by atoms with Crippen LogP contribution < -0.4 is 9.47 Å². The minimum atomic E-state index is -0.872. The molecule has 2 N–H and O–H groups in total. The van der Waals surface area contributed by atoms with Crippen LogP contribution in [-0.2, 0) is 17.0 Å². The van der Waals surface area contributed by atoms with Crippen molar-refractivity contribution in [3.63, 3.8) is 0 Å². The SMILES string of the molecule is COc1ccc(-c2cc(CSc3ncnc4nc[nH]c34)c(-c3ccc(CC(=O)O)cc3)o2)cc1OC. The number of benzene rings is 2. The van der Waals surface area contributed by atoms with Crippen LogP contribution in [0, 0.1) is 0 Å². The highest BCUT2D eigenvalue weighted by atomic mass is 32.2. The second-order valence-electron chi connectivity index (χ2n) is 7.87.